The number of carboxylic acids is 2. The maximum Gasteiger partial charge on any atom is 0.326 e. The molecule has 12 N–H and O–H groups in total. The number of carboxylic acid groups (broad SMARTS) is 2. The van der Waals surface area contributed by atoms with Crippen LogP contribution >= 0.6 is 0 Å². The van der Waals surface area contributed by atoms with Crippen LogP contribution in [0.15, 0.2) is 24.3 Å². The van der Waals surface area contributed by atoms with E-state index in [2.05, 4.69) is 46.6 Å². The molecule has 510 valence electrons. The molecule has 1 heterocycles. The van der Waals surface area contributed by atoms with Crippen molar-refractivity contribution in [3.8, 4) is 0 Å². The number of unbranched alkanes of at least 4 members (excludes halogenated alkanes) is 13. The number of nitrogen functional groups attached to an aromatic ring is 1. The fourth-order valence-corrected chi connectivity index (χ4v) is 9.55. The number of sulfonamides is 1. The van der Waals surface area contributed by atoms with Crippen molar-refractivity contribution >= 4 is 74.7 Å². The molecule has 0 saturated carbocycles. The Morgan fingerprint density at radius 2 is 1.14 bits per heavy atom. The maximum absolute atomic E-state index is 12.2. The number of aliphatic carboxylic acids is 2. The number of aryl methyl sites for hydroxylation is 1. The number of hydrogen-bond donors (Lipinski definition) is 10. The monoisotopic (exact) mass is 1300 g/mol. The highest BCUT2D eigenvalue weighted by atomic mass is 32.2. The molecular formula is C60H101N11O18S. The van der Waals surface area contributed by atoms with Crippen molar-refractivity contribution in [3.05, 3.63) is 35.7 Å². The van der Waals surface area contributed by atoms with Crippen LogP contribution in [0.1, 0.15) is 197 Å². The Hall–Kier alpha value is -7.02. The topological polar surface area (TPSA) is 449 Å². The van der Waals surface area contributed by atoms with Gasteiger partial charge in [0.15, 0.2) is 11.6 Å². The first-order valence-corrected chi connectivity index (χ1v) is 33.1. The van der Waals surface area contributed by atoms with Crippen LogP contribution in [0.2, 0.25) is 0 Å². The van der Waals surface area contributed by atoms with E-state index in [-0.39, 0.29) is 120 Å². The average molecular weight is 1300 g/mol. The Balaban J connectivity index is 0.000000904. The summed E-state index contributed by atoms with van der Waals surface area (Å²) in [5.74, 6) is -5.54. The van der Waals surface area contributed by atoms with E-state index in [1.807, 2.05) is 0 Å². The summed E-state index contributed by atoms with van der Waals surface area (Å²) in [6.45, 7) is 5.03. The van der Waals surface area contributed by atoms with Gasteiger partial charge in [0.05, 0.1) is 44.7 Å². The summed E-state index contributed by atoms with van der Waals surface area (Å²) in [7, 11) is -3.75. The molecule has 1 aromatic carbocycles. The smallest absolute Gasteiger partial charge is 0.326 e. The largest absolute Gasteiger partial charge is 0.481 e. The number of aromatic nitrogens is 4. The number of carbonyl (C=O) groups excluding carboxylic acids is 8. The minimum Gasteiger partial charge on any atom is -0.481 e. The van der Waals surface area contributed by atoms with Crippen LogP contribution in [-0.2, 0) is 78.5 Å². The minimum atomic E-state index is -3.75. The molecule has 90 heavy (non-hydrogen) atoms. The van der Waals surface area contributed by atoms with Gasteiger partial charge in [-0.3, -0.25) is 47.9 Å². The standard InChI is InChI=1S/C31H47N5O11.C29H54N6O7S/c1-20(30(42)43)7-14-26(38)36-25(31(44)45)13-12-23(37)5-4-16-46-17-18-47-19-27(39)35-24(28(33)40)6-2-3-15-34-29(41)21-8-10-22(32)11-9-21;1-2-26(36)25-42-23-22-41-21-20-30-28(37)19-16-24-43(39,40)33-29(38)18-15-13-11-9-7-5-3-4-6-8-10-12-14-17-27-31-34-35-32-27/h8-11,20,24-25H,2-7,12-19,32H2,1H3,(H2,33,40)(H,34,41)(H,35,39)(H,36,38)(H,42,43)(H,44,45);2-25H2,1H3,(H,30,37)(H,33,38)(H,31,32,34,35)/t20-,24-,25?;/m0./s1. The van der Waals surface area contributed by atoms with Crippen LogP contribution in [0.4, 0.5) is 5.69 Å². The third-order valence-electron chi connectivity index (χ3n) is 13.9. The molecule has 0 radical (unpaired) electrons. The number of Topliss-reactive ketones (excluding diaryl/α,β-unsaturated/α-hetero) is 2. The molecule has 0 fully saturated rings. The number of hydrogen-bond acceptors (Lipinski definition) is 20. The molecule has 29 nitrogen and oxygen atoms in total. The van der Waals surface area contributed by atoms with Gasteiger partial charge >= 0.3 is 11.9 Å². The number of anilines is 1. The van der Waals surface area contributed by atoms with Gasteiger partial charge in [-0.15, -0.1) is 10.2 Å². The number of nitrogens with zero attached hydrogens (tertiary/aromatic N) is 3. The minimum absolute atomic E-state index is 0.0320. The van der Waals surface area contributed by atoms with Crippen LogP contribution in [0.25, 0.3) is 0 Å². The van der Waals surface area contributed by atoms with Crippen molar-refractivity contribution in [2.75, 3.05) is 77.4 Å². The molecule has 3 atom stereocenters. The average Bonchev–Trinajstić information content (AvgIpc) is 3.48. The summed E-state index contributed by atoms with van der Waals surface area (Å²) < 4.78 is 47.5. The SMILES string of the molecule is CCC(=O)COCCOCCNC(=O)CCCS(=O)(=O)NC(=O)CCCCCCCCCCCCCCCc1nn[nH]n1.C[C@@H](CCC(=O)NC(CCC(=O)CCCOCCOCC(=O)N[C@@H](CCCCNC(=O)c1ccc(N)cc1)C(N)=O)C(=O)O)C(=O)O. The fourth-order valence-electron chi connectivity index (χ4n) is 8.47. The molecule has 0 aliphatic rings. The van der Waals surface area contributed by atoms with Gasteiger partial charge in [-0.25, -0.2) is 13.2 Å². The van der Waals surface area contributed by atoms with Gasteiger partial charge in [-0.1, -0.05) is 89.7 Å². The lowest BCUT2D eigenvalue weighted by atomic mass is 10.0. The first kappa shape index (κ1) is 81.0. The summed E-state index contributed by atoms with van der Waals surface area (Å²) in [6.07, 6.45) is 18.2. The van der Waals surface area contributed by atoms with Crippen LogP contribution in [0.5, 0.6) is 0 Å². The van der Waals surface area contributed by atoms with Gasteiger partial charge in [0.2, 0.25) is 39.6 Å². The lowest BCUT2D eigenvalue weighted by Gasteiger charge is -2.15. The zero-order chi connectivity index (χ0) is 66.6. The van der Waals surface area contributed by atoms with Crippen molar-refractivity contribution in [3.63, 3.8) is 0 Å². The van der Waals surface area contributed by atoms with E-state index >= 15 is 0 Å². The Morgan fingerprint density at radius 1 is 0.556 bits per heavy atom. The molecule has 1 unspecified atom stereocenters. The number of tetrazole rings is 1. The lowest BCUT2D eigenvalue weighted by Crippen LogP contribution is -2.45. The molecule has 0 spiro atoms. The van der Waals surface area contributed by atoms with Crippen molar-refractivity contribution in [1.82, 2.24) is 46.6 Å². The summed E-state index contributed by atoms with van der Waals surface area (Å²) >= 11 is 0. The number of primary amides is 1. The molecule has 2 aromatic rings. The molecule has 0 aliphatic carbocycles. The highest BCUT2D eigenvalue weighted by molar-refractivity contribution is 7.90. The second-order valence-electron chi connectivity index (χ2n) is 21.8. The predicted octanol–water partition coefficient (Wildman–Crippen LogP) is 3.93. The van der Waals surface area contributed by atoms with Gasteiger partial charge in [0, 0.05) is 75.9 Å². The molecule has 2 rings (SSSR count). The molecule has 0 bridgehead atoms. The third kappa shape index (κ3) is 46.1. The van der Waals surface area contributed by atoms with E-state index in [9.17, 15) is 61.5 Å². The number of H-pyrrole nitrogens is 1. The normalized spacial score (nSPS) is 12.1. The number of carbonyl (C=O) groups is 10. The first-order chi connectivity index (χ1) is 43.1. The Labute approximate surface area is 528 Å². The quantitative estimate of drug-likeness (QED) is 0.0331. The lowest BCUT2D eigenvalue weighted by molar-refractivity contribution is -0.143. The molecular weight excluding hydrogens is 1190 g/mol. The maximum atomic E-state index is 12.2. The van der Waals surface area contributed by atoms with Crippen molar-refractivity contribution in [2.45, 2.75) is 199 Å². The van der Waals surface area contributed by atoms with Crippen molar-refractivity contribution < 1.29 is 85.5 Å². The van der Waals surface area contributed by atoms with Gasteiger partial charge < -0.3 is 61.9 Å². The number of benzene rings is 1. The van der Waals surface area contributed by atoms with Gasteiger partial charge in [0.1, 0.15) is 31.1 Å². The second-order valence-corrected chi connectivity index (χ2v) is 23.6. The van der Waals surface area contributed by atoms with Crippen molar-refractivity contribution in [2.24, 2.45) is 11.7 Å². The van der Waals surface area contributed by atoms with E-state index in [0.29, 0.717) is 76.1 Å². The van der Waals surface area contributed by atoms with E-state index in [1.54, 1.807) is 31.2 Å². The third-order valence-corrected chi connectivity index (χ3v) is 15.2. The number of ether oxygens (including phenoxy) is 4. The van der Waals surface area contributed by atoms with E-state index < -0.39 is 63.6 Å². The molecule has 0 saturated heterocycles. The Kier molecular flexibility index (Phi) is 46.5. The molecule has 1 aromatic heterocycles. The van der Waals surface area contributed by atoms with E-state index in [0.717, 1.165) is 37.9 Å². The summed E-state index contributed by atoms with van der Waals surface area (Å²) in [5, 5.41) is 42.4. The predicted molar refractivity (Wildman–Crippen MR) is 333 cm³/mol. The van der Waals surface area contributed by atoms with Crippen LogP contribution < -0.4 is 37.5 Å². The van der Waals surface area contributed by atoms with Crippen LogP contribution in [0, 0.1) is 5.92 Å². The van der Waals surface area contributed by atoms with Gasteiger partial charge in [-0.2, -0.15) is 5.21 Å². The second kappa shape index (κ2) is 51.7. The number of nitrogens with one attached hydrogen (secondary N) is 6. The van der Waals surface area contributed by atoms with Gasteiger partial charge in [-0.05, 0) is 82.1 Å². The highest BCUT2D eigenvalue weighted by Crippen LogP contribution is 2.15. The first-order valence-electron chi connectivity index (χ1n) is 31.5. The number of nitrogens with two attached hydrogens (primary N) is 2. The van der Waals surface area contributed by atoms with Crippen molar-refractivity contribution in [1.29, 1.82) is 0 Å². The molecule has 30 heteroatoms. The summed E-state index contributed by atoms with van der Waals surface area (Å²) in [4.78, 5) is 117. The number of rotatable bonds is 56. The van der Waals surface area contributed by atoms with Crippen LogP contribution in [-0.4, -0.2) is 182 Å². The Morgan fingerprint density at radius 3 is 1.74 bits per heavy atom. The number of aromatic amines is 1. The van der Waals surface area contributed by atoms with E-state index in [4.69, 9.17) is 35.5 Å². The molecule has 6 amide bonds. The summed E-state index contributed by atoms with van der Waals surface area (Å²) in [6, 6.07) is 4.36. The fraction of sp³-hybridized carbons (Fsp3) is 0.717. The number of ketones is 2. The summed E-state index contributed by atoms with van der Waals surface area (Å²) in [5.41, 5.74) is 12.0. The number of amides is 6. The Bertz CT molecular complexity index is 2490. The van der Waals surface area contributed by atoms with Gasteiger partial charge in [0.25, 0.3) is 5.91 Å². The van der Waals surface area contributed by atoms with Crippen LogP contribution in [0.3, 0.4) is 0 Å². The molecule has 0 aliphatic heterocycles. The zero-order valence-corrected chi connectivity index (χ0v) is 53.6. The highest BCUT2D eigenvalue weighted by Gasteiger charge is 2.23. The zero-order valence-electron chi connectivity index (χ0n) is 52.7. The van der Waals surface area contributed by atoms with E-state index in [1.165, 1.54) is 58.3 Å².